The molecular formula is C19H16BrFN4O2S. The topological polar surface area (TPSA) is 83.1 Å². The summed E-state index contributed by atoms with van der Waals surface area (Å²) < 4.78 is 14.4. The highest BCUT2D eigenvalue weighted by Gasteiger charge is 2.12. The van der Waals surface area contributed by atoms with E-state index in [1.165, 1.54) is 23.5 Å². The Bertz CT molecular complexity index is 1020. The van der Waals surface area contributed by atoms with Gasteiger partial charge in [0.1, 0.15) is 5.82 Å². The number of nitrogens with one attached hydrogen (secondary N) is 3. The van der Waals surface area contributed by atoms with Crippen LogP contribution in [-0.4, -0.2) is 16.9 Å². The van der Waals surface area contributed by atoms with Crippen LogP contribution in [0.15, 0.2) is 52.3 Å². The van der Waals surface area contributed by atoms with Gasteiger partial charge < -0.3 is 10.6 Å². The Balaban J connectivity index is 1.54. The van der Waals surface area contributed by atoms with Crippen molar-refractivity contribution in [3.8, 4) is 0 Å². The lowest BCUT2D eigenvalue weighted by Crippen LogP contribution is -2.19. The van der Waals surface area contributed by atoms with E-state index in [0.29, 0.717) is 21.0 Å². The van der Waals surface area contributed by atoms with Crippen molar-refractivity contribution >= 4 is 55.7 Å². The maximum absolute atomic E-state index is 13.8. The molecule has 9 heteroatoms. The van der Waals surface area contributed by atoms with Gasteiger partial charge in [0, 0.05) is 15.5 Å². The number of halogens is 2. The van der Waals surface area contributed by atoms with Crippen molar-refractivity contribution < 1.29 is 14.0 Å². The van der Waals surface area contributed by atoms with Gasteiger partial charge in [-0.25, -0.2) is 14.2 Å². The molecule has 3 amide bonds. The normalized spacial score (nSPS) is 10.4. The second-order valence-corrected chi connectivity index (χ2v) is 7.72. The Kier molecular flexibility index (Phi) is 6.37. The summed E-state index contributed by atoms with van der Waals surface area (Å²) in [6.07, 6.45) is -0.0345. The summed E-state index contributed by atoms with van der Waals surface area (Å²) in [7, 11) is 0. The number of anilines is 3. The third-order valence-corrected chi connectivity index (χ3v) is 4.89. The van der Waals surface area contributed by atoms with Crippen molar-refractivity contribution in [2.24, 2.45) is 0 Å². The van der Waals surface area contributed by atoms with Crippen LogP contribution in [0.2, 0.25) is 0 Å². The summed E-state index contributed by atoms with van der Waals surface area (Å²) in [6.45, 7) is 1.93. The van der Waals surface area contributed by atoms with Gasteiger partial charge in [-0.1, -0.05) is 28.1 Å². The van der Waals surface area contributed by atoms with E-state index in [4.69, 9.17) is 0 Å². The van der Waals surface area contributed by atoms with E-state index in [0.717, 1.165) is 5.56 Å². The largest absolute Gasteiger partial charge is 0.325 e. The van der Waals surface area contributed by atoms with Gasteiger partial charge in [0.25, 0.3) is 0 Å². The summed E-state index contributed by atoms with van der Waals surface area (Å²) in [5.74, 6) is -0.932. The number of nitrogens with zero attached hydrogens (tertiary/aromatic N) is 1. The molecule has 2 aromatic carbocycles. The van der Waals surface area contributed by atoms with Gasteiger partial charge in [-0.05, 0) is 42.8 Å². The molecule has 0 atom stereocenters. The number of aryl methyl sites for hydroxylation is 1. The van der Waals surface area contributed by atoms with Crippen LogP contribution in [0.5, 0.6) is 0 Å². The highest BCUT2D eigenvalue weighted by atomic mass is 79.9. The Labute approximate surface area is 173 Å². The Morgan fingerprint density at radius 3 is 2.71 bits per heavy atom. The number of carbonyl (C=O) groups is 2. The minimum absolute atomic E-state index is 0.0345. The minimum Gasteiger partial charge on any atom is -0.323 e. The molecule has 0 aliphatic heterocycles. The fraction of sp³-hybridized carbons (Fsp3) is 0.105. The van der Waals surface area contributed by atoms with Crippen molar-refractivity contribution in [3.05, 3.63) is 69.4 Å². The van der Waals surface area contributed by atoms with Crippen LogP contribution < -0.4 is 16.0 Å². The number of aromatic nitrogens is 1. The van der Waals surface area contributed by atoms with Crippen LogP contribution in [-0.2, 0) is 11.2 Å². The predicted molar refractivity (Wildman–Crippen MR) is 112 cm³/mol. The van der Waals surface area contributed by atoms with Gasteiger partial charge in [-0.3, -0.25) is 10.1 Å². The summed E-state index contributed by atoms with van der Waals surface area (Å²) in [6, 6.07) is 11.4. The van der Waals surface area contributed by atoms with E-state index in [9.17, 15) is 14.0 Å². The lowest BCUT2D eigenvalue weighted by molar-refractivity contribution is -0.115. The van der Waals surface area contributed by atoms with Crippen LogP contribution in [0.1, 0.15) is 11.3 Å². The number of thiazole rings is 1. The van der Waals surface area contributed by atoms with E-state index in [2.05, 4.69) is 36.9 Å². The van der Waals surface area contributed by atoms with Gasteiger partial charge in [-0.2, -0.15) is 0 Å². The number of carbonyl (C=O) groups excluding carboxylic acids is 2. The highest BCUT2D eigenvalue weighted by molar-refractivity contribution is 9.10. The van der Waals surface area contributed by atoms with E-state index in [1.54, 1.807) is 17.5 Å². The predicted octanol–water partition coefficient (Wildman–Crippen LogP) is 5.18. The third-order valence-electron chi connectivity index (χ3n) is 3.60. The van der Waals surface area contributed by atoms with Crippen LogP contribution in [0, 0.1) is 12.7 Å². The molecule has 1 heterocycles. The monoisotopic (exact) mass is 462 g/mol. The molecule has 1 aromatic heterocycles. The number of hydrogen-bond donors (Lipinski definition) is 3. The fourth-order valence-electron chi connectivity index (χ4n) is 2.38. The van der Waals surface area contributed by atoms with Gasteiger partial charge in [0.05, 0.1) is 17.8 Å². The number of urea groups is 1. The van der Waals surface area contributed by atoms with Gasteiger partial charge in [-0.15, -0.1) is 11.3 Å². The van der Waals surface area contributed by atoms with Crippen LogP contribution in [0.25, 0.3) is 0 Å². The summed E-state index contributed by atoms with van der Waals surface area (Å²) >= 11 is 4.36. The number of amides is 3. The van der Waals surface area contributed by atoms with Crippen molar-refractivity contribution in [1.82, 2.24) is 4.98 Å². The summed E-state index contributed by atoms with van der Waals surface area (Å²) in [4.78, 5) is 28.4. The van der Waals surface area contributed by atoms with Crippen molar-refractivity contribution in [3.63, 3.8) is 0 Å². The molecule has 144 valence electrons. The second kappa shape index (κ2) is 8.94. The third kappa shape index (κ3) is 5.61. The quantitative estimate of drug-likeness (QED) is 0.488. The van der Waals surface area contributed by atoms with Gasteiger partial charge >= 0.3 is 6.03 Å². The fourth-order valence-corrected chi connectivity index (χ4v) is 3.42. The molecule has 3 N–H and O–H groups in total. The maximum Gasteiger partial charge on any atom is 0.325 e. The highest BCUT2D eigenvalue weighted by Crippen LogP contribution is 2.20. The van der Waals surface area contributed by atoms with E-state index < -0.39 is 17.8 Å². The molecular weight excluding hydrogens is 447 g/mol. The number of benzene rings is 2. The first-order valence-electron chi connectivity index (χ1n) is 8.23. The maximum atomic E-state index is 13.8. The van der Waals surface area contributed by atoms with Gasteiger partial charge in [0.2, 0.25) is 5.91 Å². The zero-order valence-corrected chi connectivity index (χ0v) is 17.2. The first-order chi connectivity index (χ1) is 13.4. The lowest BCUT2D eigenvalue weighted by Gasteiger charge is -2.06. The smallest absolute Gasteiger partial charge is 0.323 e. The Hall–Kier alpha value is -2.78. The number of hydrogen-bond acceptors (Lipinski definition) is 4. The van der Waals surface area contributed by atoms with Crippen molar-refractivity contribution in [2.75, 3.05) is 16.0 Å². The summed E-state index contributed by atoms with van der Waals surface area (Å²) in [5.41, 5.74) is 2.28. The van der Waals surface area contributed by atoms with E-state index in [-0.39, 0.29) is 12.1 Å². The average molecular weight is 463 g/mol. The van der Waals surface area contributed by atoms with Crippen molar-refractivity contribution in [2.45, 2.75) is 13.3 Å². The van der Waals surface area contributed by atoms with E-state index in [1.807, 2.05) is 25.1 Å². The first kappa shape index (κ1) is 20.0. The molecule has 0 unspecified atom stereocenters. The lowest BCUT2D eigenvalue weighted by atomic mass is 10.2. The first-order valence-corrected chi connectivity index (χ1v) is 9.90. The minimum atomic E-state index is -0.531. The molecule has 6 nitrogen and oxygen atoms in total. The van der Waals surface area contributed by atoms with E-state index >= 15 is 0 Å². The molecule has 0 spiro atoms. The molecule has 0 aliphatic carbocycles. The number of rotatable bonds is 5. The Morgan fingerprint density at radius 1 is 1.14 bits per heavy atom. The molecule has 3 rings (SSSR count). The molecule has 3 aromatic rings. The van der Waals surface area contributed by atoms with Crippen LogP contribution in [0.3, 0.4) is 0 Å². The Morgan fingerprint density at radius 2 is 1.96 bits per heavy atom. The molecule has 0 aliphatic rings. The molecule has 0 saturated carbocycles. The van der Waals surface area contributed by atoms with Crippen LogP contribution in [0.4, 0.5) is 25.7 Å². The van der Waals surface area contributed by atoms with Crippen LogP contribution >= 0.6 is 27.3 Å². The molecule has 28 heavy (non-hydrogen) atoms. The van der Waals surface area contributed by atoms with Crippen molar-refractivity contribution in [1.29, 1.82) is 0 Å². The zero-order chi connectivity index (χ0) is 20.1. The second-order valence-electron chi connectivity index (χ2n) is 5.94. The molecule has 0 fully saturated rings. The zero-order valence-electron chi connectivity index (χ0n) is 14.8. The van der Waals surface area contributed by atoms with Gasteiger partial charge in [0.15, 0.2) is 5.13 Å². The summed E-state index contributed by atoms with van der Waals surface area (Å²) in [5, 5.41) is 9.88. The molecule has 0 radical (unpaired) electrons. The standard InChI is InChI=1S/C19H16BrFN4O2S/c1-11-3-2-4-13(7-11)22-18(27)25-19-23-14(10-28-19)9-17(26)24-16-6-5-12(20)8-15(16)21/h2-8,10H,9H2,1H3,(H,24,26)(H2,22,23,25,27). The SMILES string of the molecule is Cc1cccc(NC(=O)Nc2nc(CC(=O)Nc3ccc(Br)cc3F)cs2)c1. The molecule has 0 saturated heterocycles. The molecule has 0 bridgehead atoms. The average Bonchev–Trinajstić information content (AvgIpc) is 3.04.